The van der Waals surface area contributed by atoms with Crippen LogP contribution >= 0.6 is 0 Å². The predicted molar refractivity (Wildman–Crippen MR) is 116 cm³/mol. The summed E-state index contributed by atoms with van der Waals surface area (Å²) >= 11 is 0. The fourth-order valence-electron chi connectivity index (χ4n) is 3.64. The van der Waals surface area contributed by atoms with Crippen molar-refractivity contribution >= 4 is 27.6 Å². The molecule has 0 amide bonds. The van der Waals surface area contributed by atoms with Gasteiger partial charge in [-0.2, -0.15) is 0 Å². The zero-order chi connectivity index (χ0) is 19.1. The lowest BCUT2D eigenvalue weighted by molar-refractivity contribution is 1.10. The second kappa shape index (κ2) is 6.50. The molecule has 0 saturated carbocycles. The number of benzene rings is 3. The number of anilines is 1. The van der Waals surface area contributed by atoms with Gasteiger partial charge in [0.15, 0.2) is 0 Å². The van der Waals surface area contributed by atoms with Crippen LogP contribution in [-0.4, -0.2) is 28.6 Å². The number of hydrogen-bond acceptors (Lipinski definition) is 3. The summed E-state index contributed by atoms with van der Waals surface area (Å²) in [5.41, 5.74) is 6.31. The van der Waals surface area contributed by atoms with Crippen LogP contribution in [0.25, 0.3) is 39.0 Å². The molecule has 0 N–H and O–H groups in total. The molecule has 0 fully saturated rings. The summed E-state index contributed by atoms with van der Waals surface area (Å²) in [6.45, 7) is 0. The Hall–Kier alpha value is -3.66. The van der Waals surface area contributed by atoms with Crippen molar-refractivity contribution in [3.05, 3.63) is 85.1 Å². The van der Waals surface area contributed by atoms with Crippen LogP contribution in [0, 0.1) is 0 Å². The highest BCUT2D eigenvalue weighted by molar-refractivity contribution is 5.91. The van der Waals surface area contributed by atoms with Crippen molar-refractivity contribution in [1.82, 2.24) is 14.5 Å². The van der Waals surface area contributed by atoms with E-state index in [4.69, 9.17) is 4.98 Å². The number of imidazole rings is 1. The zero-order valence-electron chi connectivity index (χ0n) is 15.9. The van der Waals surface area contributed by atoms with E-state index in [9.17, 15) is 0 Å². The number of para-hydroxylation sites is 3. The Morgan fingerprint density at radius 3 is 2.39 bits per heavy atom. The van der Waals surface area contributed by atoms with Gasteiger partial charge in [-0.1, -0.05) is 30.3 Å². The summed E-state index contributed by atoms with van der Waals surface area (Å²) < 4.78 is 2.22. The van der Waals surface area contributed by atoms with Crippen molar-refractivity contribution in [2.24, 2.45) is 0 Å². The van der Waals surface area contributed by atoms with E-state index in [-0.39, 0.29) is 0 Å². The summed E-state index contributed by atoms with van der Waals surface area (Å²) in [6, 6.07) is 27.1. The molecule has 0 bridgehead atoms. The molecule has 2 heterocycles. The van der Waals surface area contributed by atoms with Crippen LogP contribution < -0.4 is 4.90 Å². The van der Waals surface area contributed by atoms with Crippen LogP contribution in [0.2, 0.25) is 0 Å². The van der Waals surface area contributed by atoms with Gasteiger partial charge in [0.2, 0.25) is 0 Å². The van der Waals surface area contributed by atoms with Gasteiger partial charge in [0, 0.05) is 36.9 Å². The molecule has 28 heavy (non-hydrogen) atoms. The number of pyridine rings is 1. The summed E-state index contributed by atoms with van der Waals surface area (Å²) in [7, 11) is 4.10. The molecule has 0 aliphatic rings. The number of rotatable bonds is 3. The Kier molecular flexibility index (Phi) is 3.83. The van der Waals surface area contributed by atoms with Crippen LogP contribution in [-0.2, 0) is 0 Å². The van der Waals surface area contributed by atoms with E-state index >= 15 is 0 Å². The summed E-state index contributed by atoms with van der Waals surface area (Å²) in [5, 5.41) is 1.12. The maximum Gasteiger partial charge on any atom is 0.145 e. The quantitative estimate of drug-likeness (QED) is 0.435. The van der Waals surface area contributed by atoms with Gasteiger partial charge in [-0.15, -0.1) is 0 Å². The van der Waals surface area contributed by atoms with Crippen molar-refractivity contribution in [3.8, 4) is 17.1 Å². The minimum atomic E-state index is 0.921. The molecule has 0 unspecified atom stereocenters. The maximum atomic E-state index is 4.96. The fraction of sp³-hybridized carbons (Fsp3) is 0.0833. The number of fused-ring (bicyclic) bond motifs is 2. The van der Waals surface area contributed by atoms with E-state index in [2.05, 4.69) is 81.2 Å². The largest absolute Gasteiger partial charge is 0.378 e. The van der Waals surface area contributed by atoms with E-state index in [0.717, 1.165) is 39.0 Å². The van der Waals surface area contributed by atoms with E-state index in [1.54, 1.807) is 0 Å². The van der Waals surface area contributed by atoms with Crippen LogP contribution in [0.15, 0.2) is 85.1 Å². The Balaban J connectivity index is 1.82. The third-order valence-corrected chi connectivity index (χ3v) is 5.06. The second-order valence-corrected chi connectivity index (χ2v) is 7.05. The SMILES string of the molecule is CN(C)c1ccc(-c2nc3ccccc3n2-c2cccc3cccnc23)cc1. The van der Waals surface area contributed by atoms with Gasteiger partial charge in [0.25, 0.3) is 0 Å². The van der Waals surface area contributed by atoms with Gasteiger partial charge in [0.1, 0.15) is 5.82 Å². The highest BCUT2D eigenvalue weighted by atomic mass is 15.1. The van der Waals surface area contributed by atoms with Gasteiger partial charge in [0.05, 0.1) is 22.2 Å². The van der Waals surface area contributed by atoms with Crippen LogP contribution in [0.5, 0.6) is 0 Å². The third kappa shape index (κ3) is 2.62. The van der Waals surface area contributed by atoms with Gasteiger partial charge < -0.3 is 4.90 Å². The van der Waals surface area contributed by atoms with Gasteiger partial charge in [-0.25, -0.2) is 4.98 Å². The van der Waals surface area contributed by atoms with Gasteiger partial charge in [-0.05, 0) is 48.5 Å². The standard InChI is InChI=1S/C24H20N4/c1-27(2)19-14-12-18(13-15-19)24-26-20-9-3-4-10-21(20)28(24)22-11-5-7-17-8-6-16-25-23(17)22/h3-16H,1-2H3. The highest BCUT2D eigenvalue weighted by Gasteiger charge is 2.16. The van der Waals surface area contributed by atoms with E-state index in [1.165, 1.54) is 5.69 Å². The van der Waals surface area contributed by atoms with Crippen molar-refractivity contribution in [2.45, 2.75) is 0 Å². The van der Waals surface area contributed by atoms with E-state index in [1.807, 2.05) is 32.4 Å². The topological polar surface area (TPSA) is 34.0 Å². The molecule has 0 aliphatic carbocycles. The van der Waals surface area contributed by atoms with Crippen molar-refractivity contribution in [1.29, 1.82) is 0 Å². The molecule has 3 aromatic carbocycles. The van der Waals surface area contributed by atoms with Gasteiger partial charge in [-0.3, -0.25) is 9.55 Å². The lowest BCUT2D eigenvalue weighted by atomic mass is 10.1. The molecule has 0 radical (unpaired) electrons. The van der Waals surface area contributed by atoms with Crippen LogP contribution in [0.4, 0.5) is 5.69 Å². The molecule has 4 nitrogen and oxygen atoms in total. The molecule has 0 saturated heterocycles. The Bertz CT molecular complexity index is 1280. The smallest absolute Gasteiger partial charge is 0.145 e. The van der Waals surface area contributed by atoms with Crippen LogP contribution in [0.1, 0.15) is 0 Å². The molecule has 5 aromatic rings. The van der Waals surface area contributed by atoms with E-state index in [0.29, 0.717) is 0 Å². The van der Waals surface area contributed by atoms with Crippen molar-refractivity contribution in [2.75, 3.05) is 19.0 Å². The molecular formula is C24H20N4. The number of aromatic nitrogens is 3. The van der Waals surface area contributed by atoms with Gasteiger partial charge >= 0.3 is 0 Å². The molecule has 136 valence electrons. The minimum Gasteiger partial charge on any atom is -0.378 e. The van der Waals surface area contributed by atoms with Crippen LogP contribution in [0.3, 0.4) is 0 Å². The van der Waals surface area contributed by atoms with Crippen molar-refractivity contribution in [3.63, 3.8) is 0 Å². The molecule has 2 aromatic heterocycles. The first-order valence-electron chi connectivity index (χ1n) is 9.32. The number of hydrogen-bond donors (Lipinski definition) is 0. The maximum absolute atomic E-state index is 4.96. The first kappa shape index (κ1) is 16.5. The molecular weight excluding hydrogens is 344 g/mol. The van der Waals surface area contributed by atoms with Crippen molar-refractivity contribution < 1.29 is 0 Å². The zero-order valence-corrected chi connectivity index (χ0v) is 15.9. The summed E-state index contributed by atoms with van der Waals surface area (Å²) in [6.07, 6.45) is 1.84. The average Bonchev–Trinajstić information content (AvgIpc) is 3.13. The molecule has 0 spiro atoms. The predicted octanol–water partition coefficient (Wildman–Crippen LogP) is 5.31. The fourth-order valence-corrected chi connectivity index (χ4v) is 3.64. The monoisotopic (exact) mass is 364 g/mol. The molecule has 4 heteroatoms. The van der Waals surface area contributed by atoms with E-state index < -0.39 is 0 Å². The molecule has 0 atom stereocenters. The third-order valence-electron chi connectivity index (χ3n) is 5.06. The number of nitrogens with zero attached hydrogens (tertiary/aromatic N) is 4. The average molecular weight is 364 g/mol. The molecule has 0 aliphatic heterocycles. The summed E-state index contributed by atoms with van der Waals surface area (Å²) in [4.78, 5) is 11.7. The first-order chi connectivity index (χ1) is 13.7. The molecule has 5 rings (SSSR count). The normalized spacial score (nSPS) is 11.2. The lowest BCUT2D eigenvalue weighted by Crippen LogP contribution is -2.08. The Labute approximate surface area is 163 Å². The highest BCUT2D eigenvalue weighted by Crippen LogP contribution is 2.32. The minimum absolute atomic E-state index is 0.921. The Morgan fingerprint density at radius 1 is 0.786 bits per heavy atom. The summed E-state index contributed by atoms with van der Waals surface area (Å²) in [5.74, 6) is 0.921. The first-order valence-corrected chi connectivity index (χ1v) is 9.32. The lowest BCUT2D eigenvalue weighted by Gasteiger charge is -2.14. The Morgan fingerprint density at radius 2 is 1.57 bits per heavy atom. The second-order valence-electron chi connectivity index (χ2n) is 7.05.